The lowest BCUT2D eigenvalue weighted by molar-refractivity contribution is -0.122. The van der Waals surface area contributed by atoms with Gasteiger partial charge in [-0.15, -0.1) is 0 Å². The molecule has 20 heavy (non-hydrogen) atoms. The van der Waals surface area contributed by atoms with E-state index in [1.165, 1.54) is 5.56 Å². The van der Waals surface area contributed by atoms with Crippen LogP contribution in [0, 0.1) is 10.8 Å². The first-order valence-electron chi connectivity index (χ1n) is 7.36. The molecule has 1 atom stereocenters. The van der Waals surface area contributed by atoms with E-state index in [4.69, 9.17) is 5.73 Å². The van der Waals surface area contributed by atoms with E-state index in [0.717, 1.165) is 6.42 Å². The monoisotopic (exact) mass is 274 g/mol. The molecule has 1 aromatic rings. The van der Waals surface area contributed by atoms with Crippen molar-refractivity contribution in [2.24, 2.45) is 16.6 Å². The van der Waals surface area contributed by atoms with Crippen molar-refractivity contribution in [3.63, 3.8) is 0 Å². The third kappa shape index (κ3) is 2.73. The molecule has 1 aliphatic rings. The molecule has 1 fully saturated rings. The molecule has 0 spiro atoms. The zero-order valence-corrected chi connectivity index (χ0v) is 12.9. The highest BCUT2D eigenvalue weighted by atomic mass is 16.2. The van der Waals surface area contributed by atoms with Crippen molar-refractivity contribution < 1.29 is 4.79 Å². The molecule has 0 heterocycles. The van der Waals surface area contributed by atoms with Crippen molar-refractivity contribution in [3.05, 3.63) is 35.9 Å². The van der Waals surface area contributed by atoms with Gasteiger partial charge in [-0.1, -0.05) is 58.0 Å². The van der Waals surface area contributed by atoms with Crippen LogP contribution in [0.1, 0.15) is 39.7 Å². The molecule has 1 amide bonds. The van der Waals surface area contributed by atoms with E-state index in [2.05, 4.69) is 45.1 Å². The number of carbonyl (C=O) groups is 1. The summed E-state index contributed by atoms with van der Waals surface area (Å²) in [5.41, 5.74) is 7.54. The standard InChI is InChI=1S/C17H26N2O/c1-16(2)15(17(16,3)4)19-14(20)13(18)11-10-12-8-6-5-7-9-12/h5-9,13,15H,10-11,18H2,1-4H3,(H,19,20)/t13-/m0/s1. The van der Waals surface area contributed by atoms with Crippen LogP contribution in [0.15, 0.2) is 30.3 Å². The molecular weight excluding hydrogens is 248 g/mol. The van der Waals surface area contributed by atoms with Crippen molar-refractivity contribution in [2.75, 3.05) is 0 Å². The van der Waals surface area contributed by atoms with Gasteiger partial charge < -0.3 is 11.1 Å². The van der Waals surface area contributed by atoms with E-state index >= 15 is 0 Å². The molecule has 0 bridgehead atoms. The lowest BCUT2D eigenvalue weighted by Gasteiger charge is -2.13. The van der Waals surface area contributed by atoms with E-state index in [1.807, 2.05) is 18.2 Å². The quantitative estimate of drug-likeness (QED) is 0.866. The number of nitrogens with two attached hydrogens (primary N) is 1. The highest BCUT2D eigenvalue weighted by Gasteiger charge is 2.65. The molecule has 1 aromatic carbocycles. The summed E-state index contributed by atoms with van der Waals surface area (Å²) in [5, 5.41) is 3.11. The van der Waals surface area contributed by atoms with Crippen molar-refractivity contribution in [2.45, 2.75) is 52.6 Å². The van der Waals surface area contributed by atoms with E-state index in [0.29, 0.717) is 6.42 Å². The maximum atomic E-state index is 12.2. The summed E-state index contributed by atoms with van der Waals surface area (Å²) in [6.45, 7) is 8.75. The van der Waals surface area contributed by atoms with Crippen LogP contribution in [0.3, 0.4) is 0 Å². The smallest absolute Gasteiger partial charge is 0.237 e. The fraction of sp³-hybridized carbons (Fsp3) is 0.588. The molecule has 0 saturated heterocycles. The first-order chi connectivity index (χ1) is 9.26. The van der Waals surface area contributed by atoms with Gasteiger partial charge in [0.1, 0.15) is 0 Å². The van der Waals surface area contributed by atoms with Gasteiger partial charge in [0, 0.05) is 6.04 Å². The first kappa shape index (κ1) is 15.0. The van der Waals surface area contributed by atoms with E-state index in [-0.39, 0.29) is 22.8 Å². The van der Waals surface area contributed by atoms with Crippen LogP contribution in [0.2, 0.25) is 0 Å². The Morgan fingerprint density at radius 1 is 1.20 bits per heavy atom. The Morgan fingerprint density at radius 2 is 1.75 bits per heavy atom. The number of hydrogen-bond acceptors (Lipinski definition) is 2. The summed E-state index contributed by atoms with van der Waals surface area (Å²) in [5.74, 6) is -0.0235. The van der Waals surface area contributed by atoms with Gasteiger partial charge in [-0.2, -0.15) is 0 Å². The summed E-state index contributed by atoms with van der Waals surface area (Å²) in [6.07, 6.45) is 1.52. The van der Waals surface area contributed by atoms with Crippen LogP contribution in [-0.4, -0.2) is 18.0 Å². The second kappa shape index (κ2) is 5.21. The van der Waals surface area contributed by atoms with Crippen LogP contribution in [0.5, 0.6) is 0 Å². The maximum absolute atomic E-state index is 12.2. The summed E-state index contributed by atoms with van der Waals surface area (Å²) >= 11 is 0. The minimum atomic E-state index is -0.428. The van der Waals surface area contributed by atoms with Gasteiger partial charge >= 0.3 is 0 Å². The van der Waals surface area contributed by atoms with Crippen LogP contribution in [-0.2, 0) is 11.2 Å². The van der Waals surface area contributed by atoms with E-state index in [1.54, 1.807) is 0 Å². The Morgan fingerprint density at radius 3 is 2.25 bits per heavy atom. The average Bonchev–Trinajstić information content (AvgIpc) is 2.79. The van der Waals surface area contributed by atoms with Gasteiger partial charge in [-0.3, -0.25) is 4.79 Å². The van der Waals surface area contributed by atoms with E-state index in [9.17, 15) is 4.79 Å². The van der Waals surface area contributed by atoms with Crippen molar-refractivity contribution in [1.82, 2.24) is 5.32 Å². The number of nitrogens with one attached hydrogen (secondary N) is 1. The van der Waals surface area contributed by atoms with Gasteiger partial charge in [0.15, 0.2) is 0 Å². The molecule has 0 unspecified atom stereocenters. The SMILES string of the molecule is CC1(C)C(NC(=O)[C@@H](N)CCc2ccccc2)C1(C)C. The second-order valence-electron chi connectivity index (χ2n) is 7.02. The summed E-state index contributed by atoms with van der Waals surface area (Å²) in [6, 6.07) is 9.95. The Balaban J connectivity index is 1.82. The number of hydrogen-bond donors (Lipinski definition) is 2. The number of benzene rings is 1. The molecule has 1 aliphatic carbocycles. The van der Waals surface area contributed by atoms with E-state index < -0.39 is 6.04 Å². The Kier molecular flexibility index (Phi) is 3.92. The van der Waals surface area contributed by atoms with Gasteiger partial charge in [-0.25, -0.2) is 0 Å². The van der Waals surface area contributed by atoms with Gasteiger partial charge in [0.2, 0.25) is 5.91 Å². The van der Waals surface area contributed by atoms with Crippen LogP contribution in [0.4, 0.5) is 0 Å². The van der Waals surface area contributed by atoms with Gasteiger partial charge in [0.05, 0.1) is 6.04 Å². The zero-order valence-electron chi connectivity index (χ0n) is 12.9. The first-order valence-corrected chi connectivity index (χ1v) is 7.36. The maximum Gasteiger partial charge on any atom is 0.237 e. The zero-order chi connectivity index (χ0) is 15.0. The Hall–Kier alpha value is -1.35. The summed E-state index contributed by atoms with van der Waals surface area (Å²) < 4.78 is 0. The number of rotatable bonds is 5. The third-order valence-corrected chi connectivity index (χ3v) is 5.23. The fourth-order valence-corrected chi connectivity index (χ4v) is 2.90. The minimum absolute atomic E-state index is 0.0235. The molecule has 3 N–H and O–H groups in total. The largest absolute Gasteiger partial charge is 0.351 e. The molecule has 0 aromatic heterocycles. The molecule has 1 saturated carbocycles. The topological polar surface area (TPSA) is 55.1 Å². The molecular formula is C17H26N2O. The van der Waals surface area contributed by atoms with Gasteiger partial charge in [0.25, 0.3) is 0 Å². The lowest BCUT2D eigenvalue weighted by atomic mass is 10.0. The van der Waals surface area contributed by atoms with Crippen molar-refractivity contribution in [3.8, 4) is 0 Å². The normalized spacial score (nSPS) is 21.2. The predicted molar refractivity (Wildman–Crippen MR) is 82.2 cm³/mol. The predicted octanol–water partition coefficient (Wildman–Crippen LogP) is 2.50. The number of amides is 1. The molecule has 110 valence electrons. The molecule has 3 heteroatoms. The molecule has 2 rings (SSSR count). The van der Waals surface area contributed by atoms with Gasteiger partial charge in [-0.05, 0) is 29.2 Å². The van der Waals surface area contributed by atoms with Crippen molar-refractivity contribution in [1.29, 1.82) is 0 Å². The molecule has 0 aliphatic heterocycles. The van der Waals surface area contributed by atoms with Crippen LogP contribution < -0.4 is 11.1 Å². The third-order valence-electron chi connectivity index (χ3n) is 5.23. The average molecular weight is 274 g/mol. The summed E-state index contributed by atoms with van der Waals surface area (Å²) in [7, 11) is 0. The number of carbonyl (C=O) groups excluding carboxylic acids is 1. The Labute approximate surface area is 121 Å². The second-order valence-corrected chi connectivity index (χ2v) is 7.02. The minimum Gasteiger partial charge on any atom is -0.351 e. The lowest BCUT2D eigenvalue weighted by Crippen LogP contribution is -2.43. The Bertz CT molecular complexity index is 465. The number of aryl methyl sites for hydroxylation is 1. The van der Waals surface area contributed by atoms with Crippen molar-refractivity contribution >= 4 is 5.91 Å². The fourth-order valence-electron chi connectivity index (χ4n) is 2.90. The highest BCUT2D eigenvalue weighted by molar-refractivity contribution is 5.82. The van der Waals surface area contributed by atoms with Crippen LogP contribution in [0.25, 0.3) is 0 Å². The molecule has 0 radical (unpaired) electrons. The summed E-state index contributed by atoms with van der Waals surface area (Å²) in [4.78, 5) is 12.2. The highest BCUT2D eigenvalue weighted by Crippen LogP contribution is 2.62. The van der Waals surface area contributed by atoms with Crippen LogP contribution >= 0.6 is 0 Å². The molecule has 3 nitrogen and oxygen atoms in total.